The van der Waals surface area contributed by atoms with Gasteiger partial charge in [-0.3, -0.25) is 9.59 Å². The van der Waals surface area contributed by atoms with Crippen molar-refractivity contribution < 1.29 is 62.3 Å². The molecule has 0 N–H and O–H groups in total. The SMILES string of the molecule is N#CCC(=O)N1CCC(C(=O)N2CC[C@](c3ccc(C(OCc4c(F)cccc4F)(C(F)(F)F)C(F)(F)F)cc3)(S(=O)(=O)c3ccc(F)cc3)C2)CC1. The van der Waals surface area contributed by atoms with Crippen LogP contribution in [0.5, 0.6) is 0 Å². The lowest BCUT2D eigenvalue weighted by Crippen LogP contribution is -2.56. The number of halogens is 9. The zero-order valence-corrected chi connectivity index (χ0v) is 28.3. The summed E-state index contributed by atoms with van der Waals surface area (Å²) in [6, 6.07) is 9.58. The molecule has 2 aliphatic heterocycles. The van der Waals surface area contributed by atoms with Crippen LogP contribution in [0.3, 0.4) is 0 Å². The van der Waals surface area contributed by atoms with Gasteiger partial charge in [-0.1, -0.05) is 30.3 Å². The minimum Gasteiger partial charge on any atom is -0.349 e. The van der Waals surface area contributed by atoms with Gasteiger partial charge < -0.3 is 14.5 Å². The highest BCUT2D eigenvalue weighted by Gasteiger charge is 2.73. The van der Waals surface area contributed by atoms with Crippen LogP contribution in [0.4, 0.5) is 39.5 Å². The van der Waals surface area contributed by atoms with Crippen molar-refractivity contribution in [3.63, 3.8) is 0 Å². The van der Waals surface area contributed by atoms with Crippen molar-refractivity contribution in [3.05, 3.63) is 101 Å². The summed E-state index contributed by atoms with van der Waals surface area (Å²) in [4.78, 5) is 28.0. The Morgan fingerprint density at radius 3 is 1.92 bits per heavy atom. The Morgan fingerprint density at radius 2 is 1.40 bits per heavy atom. The molecule has 0 bridgehead atoms. The van der Waals surface area contributed by atoms with Gasteiger partial charge in [0.15, 0.2) is 9.84 Å². The number of piperidine rings is 1. The van der Waals surface area contributed by atoms with E-state index in [0.717, 1.165) is 42.5 Å². The second-order valence-corrected chi connectivity index (χ2v) is 15.0. The summed E-state index contributed by atoms with van der Waals surface area (Å²) in [6.45, 7) is -2.26. The topological polar surface area (TPSA) is 108 Å². The van der Waals surface area contributed by atoms with Gasteiger partial charge in [-0.2, -0.15) is 31.6 Å². The van der Waals surface area contributed by atoms with Gasteiger partial charge in [0.2, 0.25) is 11.8 Å². The van der Waals surface area contributed by atoms with E-state index in [1.807, 2.05) is 0 Å². The third-order valence-corrected chi connectivity index (χ3v) is 12.2. The van der Waals surface area contributed by atoms with Crippen molar-refractivity contribution in [2.75, 3.05) is 26.2 Å². The maximum atomic E-state index is 14.6. The number of nitriles is 1. The van der Waals surface area contributed by atoms with Crippen LogP contribution in [0.15, 0.2) is 71.6 Å². The van der Waals surface area contributed by atoms with Gasteiger partial charge in [-0.25, -0.2) is 21.6 Å². The maximum Gasteiger partial charge on any atom is 0.430 e. The van der Waals surface area contributed by atoms with Crippen LogP contribution in [-0.2, 0) is 41.1 Å². The minimum atomic E-state index is -6.25. The number of benzene rings is 3. The Kier molecular flexibility index (Phi) is 10.9. The van der Waals surface area contributed by atoms with E-state index in [4.69, 9.17) is 5.26 Å². The predicted molar refractivity (Wildman–Crippen MR) is 167 cm³/mol. The number of carbonyl (C=O) groups excluding carboxylic acids is 2. The molecule has 18 heteroatoms. The molecule has 2 heterocycles. The van der Waals surface area contributed by atoms with Crippen LogP contribution in [0.1, 0.15) is 42.4 Å². The van der Waals surface area contributed by atoms with Gasteiger partial charge in [0.25, 0.3) is 5.60 Å². The number of nitrogens with zero attached hydrogens (tertiary/aromatic N) is 3. The van der Waals surface area contributed by atoms with Crippen molar-refractivity contribution in [2.24, 2.45) is 5.92 Å². The number of carbonyl (C=O) groups is 2. The second kappa shape index (κ2) is 14.7. The largest absolute Gasteiger partial charge is 0.430 e. The molecule has 1 atom stereocenters. The molecule has 2 amide bonds. The molecule has 53 heavy (non-hydrogen) atoms. The summed E-state index contributed by atoms with van der Waals surface area (Å²) in [5.74, 6) is -5.28. The van der Waals surface area contributed by atoms with Crippen molar-refractivity contribution in [2.45, 2.75) is 59.9 Å². The smallest absolute Gasteiger partial charge is 0.349 e. The Morgan fingerprint density at radius 1 is 0.830 bits per heavy atom. The summed E-state index contributed by atoms with van der Waals surface area (Å²) in [7, 11) is -4.66. The van der Waals surface area contributed by atoms with E-state index in [9.17, 15) is 57.5 Å². The number of amides is 2. The van der Waals surface area contributed by atoms with Crippen LogP contribution in [0.2, 0.25) is 0 Å². The van der Waals surface area contributed by atoms with E-state index in [-0.39, 0.29) is 50.9 Å². The average molecular weight is 776 g/mol. The van der Waals surface area contributed by atoms with Gasteiger partial charge in [0.1, 0.15) is 28.6 Å². The number of hydrogen-bond donors (Lipinski definition) is 0. The second-order valence-electron chi connectivity index (χ2n) is 12.7. The molecule has 0 unspecified atom stereocenters. The number of hydrogen-bond acceptors (Lipinski definition) is 6. The Labute approximate surface area is 297 Å². The molecule has 0 radical (unpaired) electrons. The third-order valence-electron chi connectivity index (χ3n) is 9.72. The van der Waals surface area contributed by atoms with E-state index >= 15 is 0 Å². The standard InChI is InChI=1S/C35H30F9N3O5S/c36-25-8-10-26(11-9-25)53(50,51)32(15-19-47(21-32)31(49)22-13-17-46(18-14-22)30(48)12-16-45)23-4-6-24(7-5-23)33(34(39,40)41,35(42,43)44)52-20-27-28(37)2-1-3-29(27)38/h1-11,22H,12-15,17-21H2/t32-/m0/s1. The number of likely N-dealkylation sites (tertiary alicyclic amines) is 2. The number of rotatable bonds is 9. The zero-order chi connectivity index (χ0) is 39.0. The molecule has 0 saturated carbocycles. The average Bonchev–Trinajstić information content (AvgIpc) is 3.56. The fourth-order valence-corrected chi connectivity index (χ4v) is 8.91. The normalized spacial score (nSPS) is 18.9. The van der Waals surface area contributed by atoms with Crippen LogP contribution < -0.4 is 0 Å². The minimum absolute atomic E-state index is 0.150. The van der Waals surface area contributed by atoms with E-state index in [2.05, 4.69) is 4.74 Å². The van der Waals surface area contributed by atoms with Crippen molar-refractivity contribution >= 4 is 21.7 Å². The van der Waals surface area contributed by atoms with E-state index in [0.29, 0.717) is 24.3 Å². The van der Waals surface area contributed by atoms with Gasteiger partial charge in [0, 0.05) is 43.2 Å². The van der Waals surface area contributed by atoms with Gasteiger partial charge in [-0.05, 0) is 61.2 Å². The zero-order valence-electron chi connectivity index (χ0n) is 27.5. The summed E-state index contributed by atoms with van der Waals surface area (Å²) in [5, 5.41) is 8.81. The Hall–Kier alpha value is -4.63. The van der Waals surface area contributed by atoms with Gasteiger partial charge >= 0.3 is 12.4 Å². The van der Waals surface area contributed by atoms with Crippen LogP contribution in [0, 0.1) is 34.7 Å². The van der Waals surface area contributed by atoms with E-state index in [1.54, 1.807) is 6.07 Å². The first-order valence-electron chi connectivity index (χ1n) is 16.0. The van der Waals surface area contributed by atoms with Gasteiger partial charge in [0.05, 0.1) is 17.6 Å². The molecule has 2 aliphatic rings. The van der Waals surface area contributed by atoms with Crippen LogP contribution in [0.25, 0.3) is 0 Å². The molecule has 3 aromatic carbocycles. The quantitative estimate of drug-likeness (QED) is 0.177. The fraction of sp³-hybridized carbons (Fsp3) is 0.400. The highest BCUT2D eigenvalue weighted by atomic mass is 32.2. The molecule has 284 valence electrons. The summed E-state index contributed by atoms with van der Waals surface area (Å²) in [5.41, 5.74) is -8.19. The highest BCUT2D eigenvalue weighted by molar-refractivity contribution is 7.92. The third kappa shape index (κ3) is 7.20. The first-order chi connectivity index (χ1) is 24.8. The summed E-state index contributed by atoms with van der Waals surface area (Å²) < 4.78 is 161. The highest BCUT2D eigenvalue weighted by Crippen LogP contribution is 2.54. The summed E-state index contributed by atoms with van der Waals surface area (Å²) in [6.07, 6.45) is -12.8. The molecule has 0 aromatic heterocycles. The maximum absolute atomic E-state index is 14.6. The number of alkyl halides is 6. The van der Waals surface area contributed by atoms with Crippen molar-refractivity contribution in [3.8, 4) is 6.07 Å². The Balaban J connectivity index is 1.53. The lowest BCUT2D eigenvalue weighted by Gasteiger charge is -2.38. The fourth-order valence-electron chi connectivity index (χ4n) is 6.83. The lowest BCUT2D eigenvalue weighted by molar-refractivity contribution is -0.392. The molecule has 2 fully saturated rings. The molecule has 8 nitrogen and oxygen atoms in total. The van der Waals surface area contributed by atoms with Crippen LogP contribution >= 0.6 is 0 Å². The number of ether oxygens (including phenoxy) is 1. The molecular weight excluding hydrogens is 745 g/mol. The lowest BCUT2D eigenvalue weighted by atomic mass is 9.88. The van der Waals surface area contributed by atoms with E-state index < -0.39 is 96.9 Å². The van der Waals surface area contributed by atoms with Crippen LogP contribution in [-0.4, -0.2) is 68.6 Å². The first-order valence-corrected chi connectivity index (χ1v) is 17.5. The van der Waals surface area contributed by atoms with Crippen molar-refractivity contribution in [1.82, 2.24) is 9.80 Å². The molecule has 3 aromatic rings. The predicted octanol–water partition coefficient (Wildman–Crippen LogP) is 6.69. The van der Waals surface area contributed by atoms with Gasteiger partial charge in [-0.15, -0.1) is 0 Å². The molecule has 5 rings (SSSR count). The summed E-state index contributed by atoms with van der Waals surface area (Å²) >= 11 is 0. The van der Waals surface area contributed by atoms with E-state index in [1.165, 1.54) is 9.80 Å². The Bertz CT molecular complexity index is 1960. The molecule has 2 saturated heterocycles. The first kappa shape index (κ1) is 39.6. The molecule has 0 spiro atoms. The molecular formula is C35H30F9N3O5S. The monoisotopic (exact) mass is 775 g/mol. The molecule has 0 aliphatic carbocycles. The number of sulfone groups is 1. The van der Waals surface area contributed by atoms with Crippen molar-refractivity contribution in [1.29, 1.82) is 5.26 Å².